The molecule has 0 radical (unpaired) electrons. The molecule has 5 nitrogen and oxygen atoms in total. The highest BCUT2D eigenvalue weighted by Crippen LogP contribution is 2.27. The molecule has 0 aliphatic carbocycles. The van der Waals surface area contributed by atoms with E-state index < -0.39 is 5.97 Å². The summed E-state index contributed by atoms with van der Waals surface area (Å²) in [5.41, 5.74) is 7.10. The second-order valence-electron chi connectivity index (χ2n) is 4.32. The van der Waals surface area contributed by atoms with Gasteiger partial charge in [-0.1, -0.05) is 18.2 Å². The number of para-hydroxylation sites is 1. The fourth-order valence-corrected chi connectivity index (χ4v) is 2.27. The Bertz CT molecular complexity index is 684. The van der Waals surface area contributed by atoms with Gasteiger partial charge in [0.25, 0.3) is 5.91 Å². The topological polar surface area (TPSA) is 92.4 Å². The Morgan fingerprint density at radius 1 is 1.14 bits per heavy atom. The number of carbonyl (C=O) groups is 2. The number of benzene rings is 2. The highest BCUT2D eigenvalue weighted by Gasteiger charge is 2.16. The van der Waals surface area contributed by atoms with Crippen LogP contribution in [0.1, 0.15) is 26.3 Å². The summed E-state index contributed by atoms with van der Waals surface area (Å²) in [6.07, 6.45) is 0. The van der Waals surface area contributed by atoms with E-state index in [1.54, 1.807) is 36.4 Å². The van der Waals surface area contributed by atoms with Gasteiger partial charge in [0.05, 0.1) is 11.3 Å². The van der Waals surface area contributed by atoms with Gasteiger partial charge in [-0.3, -0.25) is 4.79 Å². The van der Waals surface area contributed by atoms with Crippen LogP contribution >= 0.6 is 15.9 Å². The normalized spacial score (nSPS) is 10.2. The van der Waals surface area contributed by atoms with E-state index in [1.165, 1.54) is 6.07 Å². The van der Waals surface area contributed by atoms with Crippen LogP contribution in [0.2, 0.25) is 0 Å². The molecular weight excluding hydrogens is 336 g/mol. The number of halogens is 1. The molecule has 0 aromatic heterocycles. The van der Waals surface area contributed by atoms with Crippen molar-refractivity contribution in [3.8, 4) is 0 Å². The minimum atomic E-state index is -1.11. The maximum Gasteiger partial charge on any atom is 0.337 e. The minimum Gasteiger partial charge on any atom is -0.478 e. The predicted molar refractivity (Wildman–Crippen MR) is 83.4 cm³/mol. The largest absolute Gasteiger partial charge is 0.478 e. The van der Waals surface area contributed by atoms with E-state index in [0.717, 1.165) is 5.56 Å². The molecule has 2 rings (SSSR count). The summed E-state index contributed by atoms with van der Waals surface area (Å²) in [5, 5.41) is 11.8. The number of amides is 1. The first-order chi connectivity index (χ1) is 10.0. The number of hydrogen-bond donors (Lipinski definition) is 3. The zero-order chi connectivity index (χ0) is 15.4. The van der Waals surface area contributed by atoms with E-state index in [0.29, 0.717) is 16.6 Å². The molecule has 21 heavy (non-hydrogen) atoms. The lowest BCUT2D eigenvalue weighted by molar-refractivity contribution is 0.0698. The number of nitrogens with two attached hydrogens (primary N) is 1. The number of carboxylic acids is 1. The highest BCUT2D eigenvalue weighted by molar-refractivity contribution is 9.10. The Morgan fingerprint density at radius 3 is 2.38 bits per heavy atom. The number of nitrogens with one attached hydrogen (secondary N) is 1. The summed E-state index contributed by atoms with van der Waals surface area (Å²) < 4.78 is 0.509. The van der Waals surface area contributed by atoms with Crippen LogP contribution in [0.15, 0.2) is 46.9 Å². The van der Waals surface area contributed by atoms with E-state index in [9.17, 15) is 9.59 Å². The van der Waals surface area contributed by atoms with Crippen molar-refractivity contribution in [3.63, 3.8) is 0 Å². The van der Waals surface area contributed by atoms with E-state index >= 15 is 0 Å². The first kappa shape index (κ1) is 15.2. The summed E-state index contributed by atoms with van der Waals surface area (Å²) in [7, 11) is 0. The van der Waals surface area contributed by atoms with Gasteiger partial charge in [-0.2, -0.15) is 0 Å². The lowest BCUT2D eigenvalue weighted by atomic mass is 10.1. The third-order valence-electron chi connectivity index (χ3n) is 2.93. The molecule has 0 saturated carbocycles. The average molecular weight is 349 g/mol. The van der Waals surface area contributed by atoms with Crippen molar-refractivity contribution in [2.45, 2.75) is 6.54 Å². The van der Waals surface area contributed by atoms with Gasteiger partial charge >= 0.3 is 5.97 Å². The van der Waals surface area contributed by atoms with Crippen LogP contribution in [0, 0.1) is 0 Å². The number of rotatable bonds is 4. The number of hydrogen-bond acceptors (Lipinski definition) is 3. The van der Waals surface area contributed by atoms with Crippen molar-refractivity contribution < 1.29 is 14.7 Å². The quantitative estimate of drug-likeness (QED) is 0.791. The SMILES string of the molecule is NCc1ccc(C(=O)Nc2c(Br)cccc2C(=O)O)cc1. The van der Waals surface area contributed by atoms with Crippen molar-refractivity contribution >= 4 is 33.5 Å². The second-order valence-corrected chi connectivity index (χ2v) is 5.18. The fourth-order valence-electron chi connectivity index (χ4n) is 1.81. The van der Waals surface area contributed by atoms with Crippen molar-refractivity contribution in [2.24, 2.45) is 5.73 Å². The standard InChI is InChI=1S/C15H13BrN2O3/c16-12-3-1-2-11(15(20)21)13(12)18-14(19)10-6-4-9(8-17)5-7-10/h1-7H,8,17H2,(H,18,19)(H,20,21). The van der Waals surface area contributed by atoms with Crippen LogP contribution < -0.4 is 11.1 Å². The van der Waals surface area contributed by atoms with Crippen LogP contribution in [-0.2, 0) is 6.54 Å². The van der Waals surface area contributed by atoms with Crippen LogP contribution in [0.4, 0.5) is 5.69 Å². The molecule has 0 saturated heterocycles. The van der Waals surface area contributed by atoms with Crippen molar-refractivity contribution in [3.05, 3.63) is 63.6 Å². The Balaban J connectivity index is 2.29. The van der Waals surface area contributed by atoms with Gasteiger partial charge in [-0.25, -0.2) is 4.79 Å². The lowest BCUT2D eigenvalue weighted by Crippen LogP contribution is -2.15. The molecule has 6 heteroatoms. The van der Waals surface area contributed by atoms with Crippen LogP contribution in [-0.4, -0.2) is 17.0 Å². The summed E-state index contributed by atoms with van der Waals surface area (Å²) >= 11 is 3.24. The molecule has 1 amide bonds. The predicted octanol–water partition coefficient (Wildman–Crippen LogP) is 2.86. The Hall–Kier alpha value is -2.18. The molecule has 4 N–H and O–H groups in total. The molecule has 2 aromatic carbocycles. The lowest BCUT2D eigenvalue weighted by Gasteiger charge is -2.10. The third kappa shape index (κ3) is 3.48. The molecular formula is C15H13BrN2O3. The van der Waals surface area contributed by atoms with Crippen LogP contribution in [0.3, 0.4) is 0 Å². The molecule has 0 aliphatic rings. The molecule has 0 unspecified atom stereocenters. The maximum absolute atomic E-state index is 12.2. The number of anilines is 1. The molecule has 0 spiro atoms. The zero-order valence-corrected chi connectivity index (χ0v) is 12.6. The van der Waals surface area contributed by atoms with E-state index in [2.05, 4.69) is 21.2 Å². The van der Waals surface area contributed by atoms with Gasteiger partial charge in [0.2, 0.25) is 0 Å². The number of carboxylic acid groups (broad SMARTS) is 1. The average Bonchev–Trinajstić information content (AvgIpc) is 2.49. The number of aromatic carboxylic acids is 1. The Morgan fingerprint density at radius 2 is 1.81 bits per heavy atom. The van der Waals surface area contributed by atoms with E-state index in [-0.39, 0.29) is 17.2 Å². The Labute approximate surface area is 129 Å². The second kappa shape index (κ2) is 6.51. The molecule has 0 bridgehead atoms. The van der Waals surface area contributed by atoms with E-state index in [1.807, 2.05) is 0 Å². The highest BCUT2D eigenvalue weighted by atomic mass is 79.9. The van der Waals surface area contributed by atoms with Crippen molar-refractivity contribution in [1.82, 2.24) is 0 Å². The first-order valence-electron chi connectivity index (χ1n) is 6.15. The smallest absolute Gasteiger partial charge is 0.337 e. The molecule has 2 aromatic rings. The molecule has 108 valence electrons. The minimum absolute atomic E-state index is 0.0244. The Kier molecular flexibility index (Phi) is 4.72. The zero-order valence-electron chi connectivity index (χ0n) is 11.0. The molecule has 0 fully saturated rings. The summed E-state index contributed by atoms with van der Waals surface area (Å²) in [4.78, 5) is 23.4. The summed E-state index contributed by atoms with van der Waals surface area (Å²) in [5.74, 6) is -1.49. The van der Waals surface area contributed by atoms with E-state index in [4.69, 9.17) is 10.8 Å². The summed E-state index contributed by atoms with van der Waals surface area (Å²) in [6, 6.07) is 11.5. The van der Waals surface area contributed by atoms with Gasteiger partial charge in [0, 0.05) is 16.6 Å². The third-order valence-corrected chi connectivity index (χ3v) is 3.60. The van der Waals surface area contributed by atoms with Crippen molar-refractivity contribution in [2.75, 3.05) is 5.32 Å². The molecule has 0 aliphatic heterocycles. The number of carbonyl (C=O) groups excluding carboxylic acids is 1. The van der Waals surface area contributed by atoms with Crippen LogP contribution in [0.25, 0.3) is 0 Å². The summed E-state index contributed by atoms with van der Waals surface area (Å²) in [6.45, 7) is 0.398. The maximum atomic E-state index is 12.2. The van der Waals surface area contributed by atoms with Gasteiger partial charge < -0.3 is 16.2 Å². The van der Waals surface area contributed by atoms with Gasteiger partial charge in [-0.05, 0) is 45.8 Å². The van der Waals surface area contributed by atoms with Gasteiger partial charge in [0.1, 0.15) is 0 Å². The molecule has 0 atom stereocenters. The monoisotopic (exact) mass is 348 g/mol. The molecule has 0 heterocycles. The van der Waals surface area contributed by atoms with Gasteiger partial charge in [-0.15, -0.1) is 0 Å². The van der Waals surface area contributed by atoms with Gasteiger partial charge in [0.15, 0.2) is 0 Å². The van der Waals surface area contributed by atoms with Crippen LogP contribution in [0.5, 0.6) is 0 Å². The fraction of sp³-hybridized carbons (Fsp3) is 0.0667. The van der Waals surface area contributed by atoms with Crippen molar-refractivity contribution in [1.29, 1.82) is 0 Å². The first-order valence-corrected chi connectivity index (χ1v) is 6.94.